The number of amides is 2. The first-order chi connectivity index (χ1) is 8.68. The van der Waals surface area contributed by atoms with Gasteiger partial charge in [0.15, 0.2) is 0 Å². The summed E-state index contributed by atoms with van der Waals surface area (Å²) in [6.45, 7) is 0. The molecule has 1 aromatic carbocycles. The summed E-state index contributed by atoms with van der Waals surface area (Å²) in [6.07, 6.45) is 2.46. The average molecular weight is 262 g/mol. The van der Waals surface area contributed by atoms with Crippen LogP contribution < -0.4 is 5.32 Å². The Balaban J connectivity index is 2.11. The van der Waals surface area contributed by atoms with Gasteiger partial charge in [-0.25, -0.2) is 0 Å². The molecule has 2 amide bonds. The first kappa shape index (κ1) is 11.5. The van der Waals surface area contributed by atoms with Crippen molar-refractivity contribution in [3.05, 3.63) is 46.0 Å². The summed E-state index contributed by atoms with van der Waals surface area (Å²) >= 11 is 6.19. The van der Waals surface area contributed by atoms with E-state index in [1.807, 2.05) is 24.3 Å². The van der Waals surface area contributed by atoms with E-state index in [0.29, 0.717) is 22.6 Å². The van der Waals surface area contributed by atoms with Gasteiger partial charge in [-0.3, -0.25) is 14.9 Å². The van der Waals surface area contributed by atoms with E-state index in [-0.39, 0.29) is 17.7 Å². The maximum atomic E-state index is 11.9. The van der Waals surface area contributed by atoms with Gasteiger partial charge in [0.05, 0.1) is 0 Å². The molecule has 0 bridgehead atoms. The fraction of sp³-hybridized carbons (Fsp3) is 0.286. The molecule has 18 heavy (non-hydrogen) atoms. The summed E-state index contributed by atoms with van der Waals surface area (Å²) in [7, 11) is 0. The van der Waals surface area contributed by atoms with Crippen LogP contribution in [0.15, 0.2) is 35.4 Å². The van der Waals surface area contributed by atoms with Crippen LogP contribution in [-0.2, 0) is 9.59 Å². The lowest BCUT2D eigenvalue weighted by Gasteiger charge is -2.23. The SMILES string of the molecule is O=C1NC(=O)C2=C1CCCC2c1ccccc1Cl. The predicted molar refractivity (Wildman–Crippen MR) is 68.2 cm³/mol. The zero-order valence-corrected chi connectivity index (χ0v) is 10.5. The van der Waals surface area contributed by atoms with Crippen LogP contribution in [0.25, 0.3) is 0 Å². The van der Waals surface area contributed by atoms with Gasteiger partial charge < -0.3 is 0 Å². The van der Waals surface area contributed by atoms with E-state index >= 15 is 0 Å². The van der Waals surface area contributed by atoms with Crippen molar-refractivity contribution in [2.24, 2.45) is 0 Å². The summed E-state index contributed by atoms with van der Waals surface area (Å²) in [6, 6.07) is 7.52. The molecule has 1 aliphatic heterocycles. The molecule has 0 fully saturated rings. The van der Waals surface area contributed by atoms with Gasteiger partial charge >= 0.3 is 0 Å². The van der Waals surface area contributed by atoms with E-state index in [1.54, 1.807) is 0 Å². The highest BCUT2D eigenvalue weighted by Gasteiger charge is 2.38. The molecule has 1 heterocycles. The quantitative estimate of drug-likeness (QED) is 0.790. The Bertz CT molecular complexity index is 577. The normalized spacial score (nSPS) is 23.1. The maximum Gasteiger partial charge on any atom is 0.255 e. The summed E-state index contributed by atoms with van der Waals surface area (Å²) in [5.41, 5.74) is 2.21. The van der Waals surface area contributed by atoms with Crippen molar-refractivity contribution in [3.8, 4) is 0 Å². The summed E-state index contributed by atoms with van der Waals surface area (Å²) in [4.78, 5) is 23.5. The Hall–Kier alpha value is -1.61. The molecule has 0 radical (unpaired) electrons. The molecule has 92 valence electrons. The predicted octanol–water partition coefficient (Wildman–Crippen LogP) is 2.56. The molecule has 2 aliphatic rings. The van der Waals surface area contributed by atoms with Crippen molar-refractivity contribution in [1.29, 1.82) is 0 Å². The van der Waals surface area contributed by atoms with E-state index in [9.17, 15) is 9.59 Å². The Morgan fingerprint density at radius 3 is 2.72 bits per heavy atom. The molecule has 1 unspecified atom stereocenters. The highest BCUT2D eigenvalue weighted by Crippen LogP contribution is 2.41. The van der Waals surface area contributed by atoms with Gasteiger partial charge in [0.25, 0.3) is 11.8 Å². The number of rotatable bonds is 1. The van der Waals surface area contributed by atoms with E-state index in [0.717, 1.165) is 18.4 Å². The topological polar surface area (TPSA) is 46.2 Å². The van der Waals surface area contributed by atoms with Crippen LogP contribution in [-0.4, -0.2) is 11.8 Å². The van der Waals surface area contributed by atoms with E-state index in [1.165, 1.54) is 0 Å². The van der Waals surface area contributed by atoms with Gasteiger partial charge in [-0.05, 0) is 30.9 Å². The molecule has 0 saturated heterocycles. The molecule has 4 heteroatoms. The third kappa shape index (κ3) is 1.66. The van der Waals surface area contributed by atoms with Gasteiger partial charge in [-0.1, -0.05) is 29.8 Å². The number of benzene rings is 1. The molecule has 3 rings (SSSR count). The average Bonchev–Trinajstić information content (AvgIpc) is 2.66. The monoisotopic (exact) mass is 261 g/mol. The maximum absolute atomic E-state index is 11.9. The lowest BCUT2D eigenvalue weighted by Crippen LogP contribution is -2.24. The second kappa shape index (κ2) is 4.25. The second-order valence-corrected chi connectivity index (χ2v) is 5.05. The molecule has 0 aromatic heterocycles. The van der Waals surface area contributed by atoms with Crippen LogP contribution in [0.3, 0.4) is 0 Å². The summed E-state index contributed by atoms with van der Waals surface area (Å²) < 4.78 is 0. The van der Waals surface area contributed by atoms with Gasteiger partial charge in [0.2, 0.25) is 0 Å². The number of halogens is 1. The number of hydrogen-bond donors (Lipinski definition) is 1. The minimum atomic E-state index is -0.250. The third-order valence-electron chi connectivity index (χ3n) is 3.62. The second-order valence-electron chi connectivity index (χ2n) is 4.64. The van der Waals surface area contributed by atoms with Crippen molar-refractivity contribution in [3.63, 3.8) is 0 Å². The van der Waals surface area contributed by atoms with Gasteiger partial charge in [-0.2, -0.15) is 0 Å². The zero-order chi connectivity index (χ0) is 12.7. The molecule has 0 saturated carbocycles. The summed E-state index contributed by atoms with van der Waals surface area (Å²) in [5.74, 6) is -0.528. The van der Waals surface area contributed by atoms with Crippen LogP contribution in [0.5, 0.6) is 0 Å². The Morgan fingerprint density at radius 2 is 1.94 bits per heavy atom. The standard InChI is InChI=1S/C14H12ClNO2/c15-11-7-2-1-4-8(11)9-5-3-6-10-12(9)14(18)16-13(10)17/h1-2,4,7,9H,3,5-6H2,(H,16,17,18). The number of carbonyl (C=O) groups excluding carboxylic acids is 2. The van der Waals surface area contributed by atoms with Gasteiger partial charge in [-0.15, -0.1) is 0 Å². The van der Waals surface area contributed by atoms with Crippen LogP contribution >= 0.6 is 11.6 Å². The Kier molecular flexibility index (Phi) is 2.71. The third-order valence-corrected chi connectivity index (χ3v) is 3.96. The largest absolute Gasteiger partial charge is 0.289 e. The fourth-order valence-electron chi connectivity index (χ4n) is 2.82. The van der Waals surface area contributed by atoms with Crippen molar-refractivity contribution >= 4 is 23.4 Å². The number of hydrogen-bond acceptors (Lipinski definition) is 2. The molecule has 3 nitrogen and oxygen atoms in total. The highest BCUT2D eigenvalue weighted by atomic mass is 35.5. The first-order valence-electron chi connectivity index (χ1n) is 6.01. The number of imide groups is 1. The Morgan fingerprint density at radius 1 is 1.17 bits per heavy atom. The van der Waals surface area contributed by atoms with E-state index in [4.69, 9.17) is 11.6 Å². The van der Waals surface area contributed by atoms with Crippen molar-refractivity contribution < 1.29 is 9.59 Å². The molecule has 0 spiro atoms. The molecular formula is C14H12ClNO2. The van der Waals surface area contributed by atoms with E-state index < -0.39 is 0 Å². The molecule has 1 aliphatic carbocycles. The number of nitrogens with one attached hydrogen (secondary N) is 1. The minimum Gasteiger partial charge on any atom is -0.289 e. The first-order valence-corrected chi connectivity index (χ1v) is 6.39. The van der Waals surface area contributed by atoms with Crippen molar-refractivity contribution in [2.45, 2.75) is 25.2 Å². The van der Waals surface area contributed by atoms with E-state index in [2.05, 4.69) is 5.32 Å². The molecule has 1 aromatic rings. The molecular weight excluding hydrogens is 250 g/mol. The van der Waals surface area contributed by atoms with Crippen molar-refractivity contribution in [1.82, 2.24) is 5.32 Å². The minimum absolute atomic E-state index is 0.0473. The highest BCUT2D eigenvalue weighted by molar-refractivity contribution is 6.31. The Labute approximate surface area is 110 Å². The van der Waals surface area contributed by atoms with Crippen LogP contribution in [0.1, 0.15) is 30.7 Å². The summed E-state index contributed by atoms with van der Waals surface area (Å²) in [5, 5.41) is 3.04. The van der Waals surface area contributed by atoms with Crippen molar-refractivity contribution in [2.75, 3.05) is 0 Å². The molecule has 1 atom stereocenters. The number of carbonyl (C=O) groups is 2. The molecule has 1 N–H and O–H groups in total. The lowest BCUT2D eigenvalue weighted by molar-refractivity contribution is -0.124. The fourth-order valence-corrected chi connectivity index (χ4v) is 3.09. The zero-order valence-electron chi connectivity index (χ0n) is 9.70. The smallest absolute Gasteiger partial charge is 0.255 e. The van der Waals surface area contributed by atoms with Gasteiger partial charge in [0.1, 0.15) is 0 Å². The van der Waals surface area contributed by atoms with Crippen LogP contribution in [0.2, 0.25) is 5.02 Å². The van der Waals surface area contributed by atoms with Crippen LogP contribution in [0, 0.1) is 0 Å². The van der Waals surface area contributed by atoms with Gasteiger partial charge in [0, 0.05) is 22.1 Å². The van der Waals surface area contributed by atoms with Crippen LogP contribution in [0.4, 0.5) is 0 Å². The lowest BCUT2D eigenvalue weighted by atomic mass is 9.79.